The maximum Gasteiger partial charge on any atom is 0.265 e. The normalized spacial score (nSPS) is 17.1. The van der Waals surface area contributed by atoms with Crippen LogP contribution in [0.3, 0.4) is 0 Å². The number of anilines is 6. The number of carbonyl (C=O) groups excluding carboxylic acids is 5. The number of nitrogens with one attached hydrogen (secondary N) is 6. The summed E-state index contributed by atoms with van der Waals surface area (Å²) in [6, 6.07) is 23.8. The Morgan fingerprint density at radius 2 is 1.44 bits per heavy atom. The molecule has 5 aromatic rings. The minimum Gasteiger partial charge on any atom is -0.369 e. The van der Waals surface area contributed by atoms with Crippen LogP contribution in [0, 0.1) is 17.6 Å². The predicted octanol–water partition coefficient (Wildman–Crippen LogP) is 6.25. The average Bonchev–Trinajstić information content (AvgIpc) is 3.32. The molecule has 3 saturated heterocycles. The van der Waals surface area contributed by atoms with Crippen molar-refractivity contribution in [3.8, 4) is 0 Å². The zero-order chi connectivity index (χ0) is 46.2. The first-order valence-electron chi connectivity index (χ1n) is 21.7. The summed E-state index contributed by atoms with van der Waals surface area (Å²) in [4.78, 5) is 74.8. The lowest BCUT2D eigenvalue weighted by Crippen LogP contribution is -2.52. The van der Waals surface area contributed by atoms with Crippen molar-refractivity contribution in [2.75, 3.05) is 66.7 Å². The summed E-state index contributed by atoms with van der Waals surface area (Å²) < 4.78 is 29.8. The van der Waals surface area contributed by atoms with Gasteiger partial charge in [-0.15, -0.1) is 0 Å². The van der Waals surface area contributed by atoms with Crippen LogP contribution >= 0.6 is 11.6 Å². The van der Waals surface area contributed by atoms with Gasteiger partial charge in [0.15, 0.2) is 11.6 Å². The van der Waals surface area contributed by atoms with E-state index in [2.05, 4.69) is 51.8 Å². The van der Waals surface area contributed by atoms with Gasteiger partial charge in [-0.1, -0.05) is 23.7 Å². The van der Waals surface area contributed by atoms with Crippen molar-refractivity contribution in [3.63, 3.8) is 0 Å². The Kier molecular flexibility index (Phi) is 14.4. The number of benzene rings is 4. The zero-order valence-corrected chi connectivity index (χ0v) is 36.5. The van der Waals surface area contributed by atoms with Crippen LogP contribution in [0.15, 0.2) is 97.2 Å². The fraction of sp³-hybridized carbons (Fsp3) is 0.298. The number of rotatable bonds is 14. The molecule has 8 rings (SSSR count). The molecule has 0 spiro atoms. The van der Waals surface area contributed by atoms with Crippen molar-refractivity contribution in [3.05, 3.63) is 131 Å². The number of nitrogens with zero attached hydrogens (tertiary/aromatic N) is 5. The van der Waals surface area contributed by atoms with Crippen molar-refractivity contribution >= 4 is 75.7 Å². The molecule has 19 heteroatoms. The molecule has 3 aliphatic rings. The Labute approximate surface area is 384 Å². The fourth-order valence-electron chi connectivity index (χ4n) is 8.04. The van der Waals surface area contributed by atoms with E-state index in [1.807, 2.05) is 5.01 Å². The third kappa shape index (κ3) is 11.6. The topological polar surface area (TPSA) is 193 Å². The lowest BCUT2D eigenvalue weighted by Gasteiger charge is -2.37. The molecule has 0 saturated carbocycles. The summed E-state index contributed by atoms with van der Waals surface area (Å²) in [7, 11) is 0. The van der Waals surface area contributed by atoms with Gasteiger partial charge in [-0.2, -0.15) is 4.98 Å². The molecule has 5 amide bonds. The van der Waals surface area contributed by atoms with Crippen LogP contribution in [0.5, 0.6) is 0 Å². The molecule has 342 valence electrons. The van der Waals surface area contributed by atoms with Gasteiger partial charge in [0.25, 0.3) is 17.7 Å². The van der Waals surface area contributed by atoms with Crippen molar-refractivity contribution in [2.24, 2.45) is 5.92 Å². The summed E-state index contributed by atoms with van der Waals surface area (Å²) in [6.07, 6.45) is 4.27. The van der Waals surface area contributed by atoms with E-state index in [0.717, 1.165) is 58.2 Å². The standard InChI is InChI=1S/C47H48ClF2N11O5/c48-36-3-1-2-4-39(36)54-43(63)30-5-9-32(10-6-30)52-42-38(50)28-51-47(57-42)53-33-11-7-31(8-12-33)44(64)58-61-21-18-29(19-22-61)17-20-59-23-25-60(26-24-59)34-13-14-35(37(49)27-34)45(65)55-40-15-16-41(62)56-46(40)66/h1-14,27-29,40H,15-26H2,(H,54,63)(H,55,65)(H,58,64)(H,56,62,66)(H2,51,52,53,57). The molecule has 6 N–H and O–H groups in total. The fourth-order valence-corrected chi connectivity index (χ4v) is 8.22. The Hall–Kier alpha value is -7.02. The Morgan fingerprint density at radius 3 is 2.12 bits per heavy atom. The van der Waals surface area contributed by atoms with Gasteiger partial charge in [-0.3, -0.25) is 39.6 Å². The number of hydrogen-bond acceptors (Lipinski definition) is 12. The van der Waals surface area contributed by atoms with E-state index in [-0.39, 0.29) is 42.0 Å². The first kappa shape index (κ1) is 45.5. The summed E-state index contributed by atoms with van der Waals surface area (Å²) in [6.45, 7) is 5.49. The predicted molar refractivity (Wildman–Crippen MR) is 246 cm³/mol. The first-order chi connectivity index (χ1) is 31.9. The molecule has 0 bridgehead atoms. The van der Waals surface area contributed by atoms with Gasteiger partial charge < -0.3 is 26.2 Å². The second-order valence-electron chi connectivity index (χ2n) is 16.4. The minimum absolute atomic E-state index is 0.0705. The average molecular weight is 920 g/mol. The molecule has 1 atom stereocenters. The summed E-state index contributed by atoms with van der Waals surface area (Å²) >= 11 is 6.15. The van der Waals surface area contributed by atoms with Gasteiger partial charge in [0, 0.05) is 73.9 Å². The first-order valence-corrected chi connectivity index (χ1v) is 22.1. The Bertz CT molecular complexity index is 2590. The molecule has 4 aromatic carbocycles. The molecule has 3 aliphatic heterocycles. The van der Waals surface area contributed by atoms with E-state index in [4.69, 9.17) is 11.6 Å². The van der Waals surface area contributed by atoms with Crippen molar-refractivity contribution in [2.45, 2.75) is 38.1 Å². The van der Waals surface area contributed by atoms with Gasteiger partial charge >= 0.3 is 0 Å². The molecule has 1 aromatic heterocycles. The van der Waals surface area contributed by atoms with Crippen LogP contribution in [-0.2, 0) is 9.59 Å². The van der Waals surface area contributed by atoms with Crippen molar-refractivity contribution in [1.82, 2.24) is 35.9 Å². The highest BCUT2D eigenvalue weighted by molar-refractivity contribution is 6.33. The van der Waals surface area contributed by atoms with E-state index >= 15 is 4.39 Å². The number of amides is 5. The van der Waals surface area contributed by atoms with E-state index < -0.39 is 35.4 Å². The van der Waals surface area contributed by atoms with Gasteiger partial charge in [-0.25, -0.2) is 18.8 Å². The van der Waals surface area contributed by atoms with E-state index in [9.17, 15) is 28.4 Å². The van der Waals surface area contributed by atoms with E-state index in [1.54, 1.807) is 78.9 Å². The monoisotopic (exact) mass is 919 g/mol. The van der Waals surface area contributed by atoms with Crippen LogP contribution in [0.4, 0.5) is 43.3 Å². The van der Waals surface area contributed by atoms with Crippen LogP contribution < -0.4 is 36.9 Å². The quantitative estimate of drug-likeness (QED) is 0.0688. The molecular formula is C47H48ClF2N11O5. The highest BCUT2D eigenvalue weighted by Gasteiger charge is 2.29. The molecule has 1 unspecified atom stereocenters. The van der Waals surface area contributed by atoms with Crippen LogP contribution in [0.2, 0.25) is 5.02 Å². The molecule has 66 heavy (non-hydrogen) atoms. The lowest BCUT2D eigenvalue weighted by molar-refractivity contribution is -0.134. The van der Waals surface area contributed by atoms with Gasteiger partial charge in [0.05, 0.1) is 22.5 Å². The number of piperazine rings is 1. The maximum atomic E-state index is 15.1. The lowest BCUT2D eigenvalue weighted by atomic mass is 9.94. The largest absolute Gasteiger partial charge is 0.369 e. The third-order valence-corrected chi connectivity index (χ3v) is 12.2. The molecule has 0 aliphatic carbocycles. The smallest absolute Gasteiger partial charge is 0.265 e. The van der Waals surface area contributed by atoms with Gasteiger partial charge in [0.1, 0.15) is 11.9 Å². The van der Waals surface area contributed by atoms with E-state index in [0.29, 0.717) is 57.9 Å². The number of piperidine rings is 2. The number of hydrogen-bond donors (Lipinski definition) is 6. The minimum atomic E-state index is -0.879. The van der Waals surface area contributed by atoms with E-state index in [1.165, 1.54) is 12.1 Å². The van der Waals surface area contributed by atoms with Crippen molar-refractivity contribution < 1.29 is 32.8 Å². The van der Waals surface area contributed by atoms with Crippen LogP contribution in [-0.4, -0.2) is 101 Å². The summed E-state index contributed by atoms with van der Waals surface area (Å²) in [5.41, 5.74) is 6.01. The summed E-state index contributed by atoms with van der Waals surface area (Å²) in [5, 5.41) is 15.8. The van der Waals surface area contributed by atoms with Crippen LogP contribution in [0.1, 0.15) is 63.2 Å². The van der Waals surface area contributed by atoms with Gasteiger partial charge in [-0.05, 0) is 117 Å². The SMILES string of the molecule is O=C1CCC(NC(=O)c2ccc(N3CCN(CCC4CCN(NC(=O)c5ccc(Nc6ncc(F)c(Nc7ccc(C(=O)Nc8ccccc8Cl)cc7)n6)cc5)CC4)CC3)cc2F)C(=O)N1. The molecule has 3 fully saturated rings. The molecular weight excluding hydrogens is 872 g/mol. The number of aromatic nitrogens is 2. The highest BCUT2D eigenvalue weighted by Crippen LogP contribution is 2.26. The van der Waals surface area contributed by atoms with Gasteiger partial charge in [0.2, 0.25) is 17.8 Å². The summed E-state index contributed by atoms with van der Waals surface area (Å²) in [5.74, 6) is -3.00. The number of hydrazine groups is 1. The molecule has 0 radical (unpaired) electrons. The van der Waals surface area contributed by atoms with Crippen molar-refractivity contribution in [1.29, 1.82) is 0 Å². The second-order valence-corrected chi connectivity index (χ2v) is 16.8. The highest BCUT2D eigenvalue weighted by atomic mass is 35.5. The second kappa shape index (κ2) is 20.9. The third-order valence-electron chi connectivity index (χ3n) is 11.9. The molecule has 4 heterocycles. The Balaban J connectivity index is 0.733. The van der Waals surface area contributed by atoms with Crippen LogP contribution in [0.25, 0.3) is 0 Å². The number of para-hydroxylation sites is 1. The number of carbonyl (C=O) groups is 5. The zero-order valence-electron chi connectivity index (χ0n) is 35.8. The number of imide groups is 1. The maximum absolute atomic E-state index is 15.1. The number of halogens is 3. The molecule has 16 nitrogen and oxygen atoms in total. The Morgan fingerprint density at radius 1 is 0.758 bits per heavy atom.